The van der Waals surface area contributed by atoms with Gasteiger partial charge in [0.2, 0.25) is 0 Å². The Kier molecular flexibility index (Phi) is 4.74. The van der Waals surface area contributed by atoms with Crippen LogP contribution in [0.25, 0.3) is 0 Å². The van der Waals surface area contributed by atoms with Gasteiger partial charge in [-0.15, -0.1) is 0 Å². The van der Waals surface area contributed by atoms with Gasteiger partial charge in [-0.2, -0.15) is 5.26 Å². The molecule has 1 rings (SSSR count). The third kappa shape index (κ3) is 2.81. The molecule has 8 heteroatoms. The second-order valence-corrected chi connectivity index (χ2v) is 3.98. The molecule has 0 radical (unpaired) electrons. The average molecular weight is 314 g/mol. The van der Waals surface area contributed by atoms with E-state index >= 15 is 0 Å². The Morgan fingerprint density at radius 1 is 1.72 bits per heavy atom. The fourth-order valence-electron chi connectivity index (χ4n) is 1.33. The number of hydrogen-bond acceptors (Lipinski definition) is 6. The first-order valence-corrected chi connectivity index (χ1v) is 5.66. The van der Waals surface area contributed by atoms with Crippen molar-refractivity contribution in [2.45, 2.75) is 12.8 Å². The normalized spacial score (nSPS) is 11.4. The van der Waals surface area contributed by atoms with Crippen LogP contribution in [0.15, 0.2) is 16.9 Å². The number of carbonyl (C=O) groups is 1. The summed E-state index contributed by atoms with van der Waals surface area (Å²) in [6.07, 6.45) is 2.27. The highest BCUT2D eigenvalue weighted by molar-refractivity contribution is 9.10. The van der Waals surface area contributed by atoms with Crippen molar-refractivity contribution in [3.63, 3.8) is 0 Å². The van der Waals surface area contributed by atoms with Crippen LogP contribution in [0.5, 0.6) is 0 Å². The summed E-state index contributed by atoms with van der Waals surface area (Å²) >= 11 is 3.05. The van der Waals surface area contributed by atoms with Crippen LogP contribution in [0.2, 0.25) is 0 Å². The number of nitriles is 1. The lowest BCUT2D eigenvalue weighted by atomic mass is 10.0. The van der Waals surface area contributed by atoms with Crippen molar-refractivity contribution in [3.05, 3.63) is 32.5 Å². The Bertz CT molecular complexity index is 526. The summed E-state index contributed by atoms with van der Waals surface area (Å²) in [4.78, 5) is 25.4. The number of pyridine rings is 1. The van der Waals surface area contributed by atoms with Crippen LogP contribution in [-0.2, 0) is 9.53 Å². The minimum Gasteiger partial charge on any atom is -0.465 e. The lowest BCUT2D eigenvalue weighted by Crippen LogP contribution is -2.16. The molecule has 0 aromatic carbocycles. The summed E-state index contributed by atoms with van der Waals surface area (Å²) in [5, 5.41) is 19.9. The monoisotopic (exact) mass is 313 g/mol. The van der Waals surface area contributed by atoms with Crippen LogP contribution in [-0.4, -0.2) is 22.5 Å². The third-order valence-corrected chi connectivity index (χ3v) is 2.69. The number of esters is 1. The molecule has 0 aliphatic carbocycles. The first-order valence-electron chi connectivity index (χ1n) is 4.87. The molecule has 0 saturated heterocycles. The van der Waals surface area contributed by atoms with Crippen LogP contribution in [0.3, 0.4) is 0 Å². The zero-order valence-electron chi connectivity index (χ0n) is 9.29. The second kappa shape index (κ2) is 6.07. The van der Waals surface area contributed by atoms with E-state index in [-0.39, 0.29) is 16.6 Å². The summed E-state index contributed by atoms with van der Waals surface area (Å²) in [6.45, 7) is 1.68. The summed E-state index contributed by atoms with van der Waals surface area (Å²) < 4.78 is 4.93. The van der Waals surface area contributed by atoms with Crippen molar-refractivity contribution < 1.29 is 14.5 Å². The SMILES string of the molecule is CCOC(=O)C(C#N)c1c(Br)cncc1[N+](=O)[O-]. The van der Waals surface area contributed by atoms with Gasteiger partial charge in [-0.3, -0.25) is 19.9 Å². The quantitative estimate of drug-likeness (QED) is 0.477. The van der Waals surface area contributed by atoms with E-state index in [1.165, 1.54) is 6.20 Å². The molecule has 1 atom stereocenters. The van der Waals surface area contributed by atoms with E-state index in [1.807, 2.05) is 0 Å². The van der Waals surface area contributed by atoms with Crippen molar-refractivity contribution in [2.75, 3.05) is 6.61 Å². The summed E-state index contributed by atoms with van der Waals surface area (Å²) in [5.74, 6) is -2.18. The summed E-state index contributed by atoms with van der Waals surface area (Å²) in [5.41, 5.74) is -0.445. The van der Waals surface area contributed by atoms with E-state index in [4.69, 9.17) is 10.00 Å². The van der Waals surface area contributed by atoms with Gasteiger partial charge in [-0.25, -0.2) is 0 Å². The van der Waals surface area contributed by atoms with Gasteiger partial charge in [0.25, 0.3) is 5.69 Å². The van der Waals surface area contributed by atoms with Crippen molar-refractivity contribution in [1.29, 1.82) is 5.26 Å². The molecule has 1 aromatic heterocycles. The van der Waals surface area contributed by atoms with Gasteiger partial charge in [0.1, 0.15) is 6.20 Å². The predicted octanol–water partition coefficient (Wildman–Crippen LogP) is 1.92. The molecule has 1 aromatic rings. The molecule has 0 saturated carbocycles. The maximum Gasteiger partial charge on any atom is 0.328 e. The van der Waals surface area contributed by atoms with Gasteiger partial charge in [0.05, 0.1) is 23.2 Å². The molecule has 0 aliphatic rings. The van der Waals surface area contributed by atoms with Gasteiger partial charge >= 0.3 is 5.97 Å². The van der Waals surface area contributed by atoms with Crippen molar-refractivity contribution in [1.82, 2.24) is 4.98 Å². The van der Waals surface area contributed by atoms with E-state index in [0.717, 1.165) is 6.20 Å². The predicted molar refractivity (Wildman–Crippen MR) is 63.6 cm³/mol. The summed E-state index contributed by atoms with van der Waals surface area (Å²) in [7, 11) is 0. The highest BCUT2D eigenvalue weighted by Crippen LogP contribution is 2.32. The van der Waals surface area contributed by atoms with Crippen LogP contribution >= 0.6 is 15.9 Å². The van der Waals surface area contributed by atoms with Gasteiger partial charge in [-0.1, -0.05) is 0 Å². The number of halogens is 1. The maximum atomic E-state index is 11.6. The van der Waals surface area contributed by atoms with Gasteiger partial charge < -0.3 is 4.74 Å². The van der Waals surface area contributed by atoms with Crippen molar-refractivity contribution >= 4 is 27.6 Å². The molecule has 0 spiro atoms. The molecule has 0 bridgehead atoms. The smallest absolute Gasteiger partial charge is 0.328 e. The van der Waals surface area contributed by atoms with Crippen molar-refractivity contribution in [3.8, 4) is 6.07 Å². The van der Waals surface area contributed by atoms with E-state index < -0.39 is 22.5 Å². The Labute approximate surface area is 111 Å². The standard InChI is InChI=1S/C10H8BrN3O4/c1-2-18-10(15)6(3-12)9-7(11)4-13-5-8(9)14(16)17/h4-6H,2H2,1H3. The average Bonchev–Trinajstić information content (AvgIpc) is 2.32. The molecule has 18 heavy (non-hydrogen) atoms. The van der Waals surface area contributed by atoms with Gasteiger partial charge in [0.15, 0.2) is 5.92 Å². The molecule has 1 heterocycles. The van der Waals surface area contributed by atoms with E-state index in [0.29, 0.717) is 0 Å². The first-order chi connectivity index (χ1) is 8.52. The molecule has 7 nitrogen and oxygen atoms in total. The zero-order chi connectivity index (χ0) is 13.7. The Morgan fingerprint density at radius 2 is 2.39 bits per heavy atom. The number of nitro groups is 1. The highest BCUT2D eigenvalue weighted by Gasteiger charge is 2.31. The van der Waals surface area contributed by atoms with Gasteiger partial charge in [-0.05, 0) is 22.9 Å². The lowest BCUT2D eigenvalue weighted by Gasteiger charge is -2.10. The molecule has 0 aliphatic heterocycles. The number of aromatic nitrogens is 1. The van der Waals surface area contributed by atoms with E-state index in [1.54, 1.807) is 13.0 Å². The number of rotatable bonds is 4. The molecule has 94 valence electrons. The third-order valence-electron chi connectivity index (χ3n) is 2.05. The van der Waals surface area contributed by atoms with E-state index in [2.05, 4.69) is 20.9 Å². The first kappa shape index (κ1) is 14.1. The Morgan fingerprint density at radius 3 is 2.89 bits per heavy atom. The largest absolute Gasteiger partial charge is 0.465 e. The minimum absolute atomic E-state index is 0.0454. The number of nitrogens with zero attached hydrogens (tertiary/aromatic N) is 3. The van der Waals surface area contributed by atoms with Crippen LogP contribution < -0.4 is 0 Å². The molecule has 1 unspecified atom stereocenters. The van der Waals surface area contributed by atoms with Crippen molar-refractivity contribution in [2.24, 2.45) is 0 Å². The Hall–Kier alpha value is -2.01. The highest BCUT2D eigenvalue weighted by atomic mass is 79.9. The topological polar surface area (TPSA) is 106 Å². The fraction of sp³-hybridized carbons (Fsp3) is 0.300. The number of ether oxygens (including phenoxy) is 1. The number of carbonyl (C=O) groups excluding carboxylic acids is 1. The fourth-order valence-corrected chi connectivity index (χ4v) is 1.88. The zero-order valence-corrected chi connectivity index (χ0v) is 10.9. The maximum absolute atomic E-state index is 11.6. The minimum atomic E-state index is -1.36. The van der Waals surface area contributed by atoms with E-state index in [9.17, 15) is 14.9 Å². The van der Waals surface area contributed by atoms with Crippen LogP contribution in [0, 0.1) is 21.4 Å². The Balaban J connectivity index is 3.34. The number of hydrogen-bond donors (Lipinski definition) is 0. The second-order valence-electron chi connectivity index (χ2n) is 3.13. The molecular formula is C10H8BrN3O4. The summed E-state index contributed by atoms with van der Waals surface area (Å²) in [6, 6.07) is 1.70. The molecule has 0 fully saturated rings. The molecule has 0 N–H and O–H groups in total. The van der Waals surface area contributed by atoms with Crippen LogP contribution in [0.1, 0.15) is 18.4 Å². The lowest BCUT2D eigenvalue weighted by molar-refractivity contribution is -0.386. The molecular weight excluding hydrogens is 306 g/mol. The van der Waals surface area contributed by atoms with Gasteiger partial charge in [0, 0.05) is 10.7 Å². The van der Waals surface area contributed by atoms with Crippen LogP contribution in [0.4, 0.5) is 5.69 Å². The molecule has 0 amide bonds.